The Kier molecular flexibility index (Phi) is 4.19. The maximum absolute atomic E-state index is 14.4. The predicted octanol–water partition coefficient (Wildman–Crippen LogP) is 2.79. The molecule has 126 valence electrons. The Hall–Kier alpha value is -2.01. The molecular formula is C19H22FN3O. The first-order valence-electron chi connectivity index (χ1n) is 8.76. The van der Waals surface area contributed by atoms with Crippen molar-refractivity contribution in [1.82, 2.24) is 9.88 Å². The lowest BCUT2D eigenvalue weighted by Crippen LogP contribution is -2.52. The highest BCUT2D eigenvalue weighted by molar-refractivity contribution is 5.94. The van der Waals surface area contributed by atoms with E-state index in [0.29, 0.717) is 10.9 Å². The first kappa shape index (κ1) is 15.5. The van der Waals surface area contributed by atoms with Crippen LogP contribution in [0.3, 0.4) is 0 Å². The summed E-state index contributed by atoms with van der Waals surface area (Å²) < 4.78 is 14.4. The lowest BCUT2D eigenvalue weighted by molar-refractivity contribution is -0.107. The largest absolute Gasteiger partial charge is 0.367 e. The molecule has 1 aromatic heterocycles. The zero-order valence-electron chi connectivity index (χ0n) is 13.7. The monoisotopic (exact) mass is 327 g/mol. The molecule has 1 aliphatic heterocycles. The van der Waals surface area contributed by atoms with E-state index in [0.717, 1.165) is 49.8 Å². The Morgan fingerprint density at radius 1 is 1.25 bits per heavy atom. The number of hydrogen-bond acceptors (Lipinski definition) is 4. The van der Waals surface area contributed by atoms with Crippen LogP contribution in [0.2, 0.25) is 0 Å². The van der Waals surface area contributed by atoms with Gasteiger partial charge in [-0.3, -0.25) is 9.88 Å². The first-order chi connectivity index (χ1) is 11.8. The molecule has 2 aromatic rings. The Balaban J connectivity index is 1.68. The van der Waals surface area contributed by atoms with E-state index < -0.39 is 0 Å². The molecule has 0 N–H and O–H groups in total. The maximum Gasteiger partial charge on any atom is 0.133 e. The van der Waals surface area contributed by atoms with E-state index in [-0.39, 0.29) is 12.2 Å². The number of piperazine rings is 1. The highest BCUT2D eigenvalue weighted by Crippen LogP contribution is 2.33. The minimum absolute atomic E-state index is 0.224. The zero-order valence-corrected chi connectivity index (χ0v) is 13.7. The number of halogens is 1. The number of hydrogen-bond donors (Lipinski definition) is 0. The molecule has 0 atom stereocenters. The summed E-state index contributed by atoms with van der Waals surface area (Å²) in [6.45, 7) is 3.85. The van der Waals surface area contributed by atoms with Gasteiger partial charge in [-0.2, -0.15) is 0 Å². The molecule has 0 radical (unpaired) electrons. The summed E-state index contributed by atoms with van der Waals surface area (Å²) in [5, 5.41) is 0.531. The van der Waals surface area contributed by atoms with Crippen LogP contribution in [0.1, 0.15) is 24.8 Å². The Morgan fingerprint density at radius 2 is 2.04 bits per heavy atom. The molecule has 2 fully saturated rings. The van der Waals surface area contributed by atoms with Crippen molar-refractivity contribution in [1.29, 1.82) is 0 Å². The molecular weight excluding hydrogens is 305 g/mol. The van der Waals surface area contributed by atoms with Crippen molar-refractivity contribution in [3.63, 3.8) is 0 Å². The third kappa shape index (κ3) is 2.67. The van der Waals surface area contributed by atoms with Gasteiger partial charge in [0.25, 0.3) is 0 Å². The SMILES string of the molecule is O=CCc1cc(F)c2cccnc2c1N1CCN(C2CCC2)CC1. The second-order valence-electron chi connectivity index (χ2n) is 6.74. The van der Waals surface area contributed by atoms with Gasteiger partial charge in [0, 0.05) is 50.2 Å². The van der Waals surface area contributed by atoms with Crippen LogP contribution in [0, 0.1) is 5.82 Å². The van der Waals surface area contributed by atoms with E-state index >= 15 is 0 Å². The molecule has 4 rings (SSSR count). The fraction of sp³-hybridized carbons (Fsp3) is 0.474. The van der Waals surface area contributed by atoms with Gasteiger partial charge in [-0.25, -0.2) is 4.39 Å². The number of aldehydes is 1. The molecule has 24 heavy (non-hydrogen) atoms. The topological polar surface area (TPSA) is 36.4 Å². The third-order valence-electron chi connectivity index (χ3n) is 5.42. The van der Waals surface area contributed by atoms with Crippen molar-refractivity contribution in [2.75, 3.05) is 31.1 Å². The number of rotatable bonds is 4. The first-order valence-corrected chi connectivity index (χ1v) is 8.76. The predicted molar refractivity (Wildman–Crippen MR) is 92.9 cm³/mol. The fourth-order valence-electron chi connectivity index (χ4n) is 3.90. The van der Waals surface area contributed by atoms with Gasteiger partial charge in [0.15, 0.2) is 0 Å². The molecule has 0 unspecified atom stereocenters. The molecule has 1 aliphatic carbocycles. The number of carbonyl (C=O) groups is 1. The number of aromatic nitrogens is 1. The van der Waals surface area contributed by atoms with Gasteiger partial charge in [0.05, 0.1) is 11.2 Å². The fourth-order valence-corrected chi connectivity index (χ4v) is 3.90. The number of benzene rings is 1. The number of anilines is 1. The van der Waals surface area contributed by atoms with E-state index in [1.54, 1.807) is 18.3 Å². The van der Waals surface area contributed by atoms with Crippen LogP contribution < -0.4 is 4.90 Å². The van der Waals surface area contributed by atoms with E-state index in [2.05, 4.69) is 14.8 Å². The second-order valence-corrected chi connectivity index (χ2v) is 6.74. The quantitative estimate of drug-likeness (QED) is 0.809. The second kappa shape index (κ2) is 6.48. The van der Waals surface area contributed by atoms with E-state index in [9.17, 15) is 9.18 Å². The minimum atomic E-state index is -0.299. The Bertz CT molecular complexity index is 752. The molecule has 5 heteroatoms. The lowest BCUT2D eigenvalue weighted by Gasteiger charge is -2.44. The van der Waals surface area contributed by atoms with Gasteiger partial charge in [0.1, 0.15) is 12.1 Å². The summed E-state index contributed by atoms with van der Waals surface area (Å²) in [5.41, 5.74) is 2.35. The van der Waals surface area contributed by atoms with Gasteiger partial charge in [0.2, 0.25) is 0 Å². The van der Waals surface area contributed by atoms with Crippen LogP contribution in [-0.2, 0) is 11.2 Å². The summed E-state index contributed by atoms with van der Waals surface area (Å²) in [4.78, 5) is 20.4. The van der Waals surface area contributed by atoms with Gasteiger partial charge < -0.3 is 9.69 Å². The summed E-state index contributed by atoms with van der Waals surface area (Å²) in [6.07, 6.45) is 6.75. The summed E-state index contributed by atoms with van der Waals surface area (Å²) in [6, 6.07) is 5.77. The normalized spacial score (nSPS) is 19.5. The number of fused-ring (bicyclic) bond motifs is 1. The number of nitrogens with zero attached hydrogens (tertiary/aromatic N) is 3. The average molecular weight is 327 g/mol. The molecule has 1 saturated carbocycles. The average Bonchev–Trinajstić information content (AvgIpc) is 2.55. The lowest BCUT2D eigenvalue weighted by atomic mass is 9.91. The van der Waals surface area contributed by atoms with Crippen LogP contribution in [0.4, 0.5) is 10.1 Å². The van der Waals surface area contributed by atoms with Crippen molar-refractivity contribution in [3.05, 3.63) is 35.8 Å². The third-order valence-corrected chi connectivity index (χ3v) is 5.42. The van der Waals surface area contributed by atoms with Crippen molar-refractivity contribution in [2.45, 2.75) is 31.7 Å². The summed E-state index contributed by atoms with van der Waals surface area (Å²) >= 11 is 0. The zero-order chi connectivity index (χ0) is 16.5. The molecule has 2 aliphatic rings. The smallest absolute Gasteiger partial charge is 0.133 e. The van der Waals surface area contributed by atoms with Crippen molar-refractivity contribution >= 4 is 22.9 Å². The molecule has 4 nitrogen and oxygen atoms in total. The highest BCUT2D eigenvalue weighted by Gasteiger charge is 2.29. The van der Waals surface area contributed by atoms with Gasteiger partial charge in [-0.05, 0) is 36.6 Å². The molecule has 0 bridgehead atoms. The van der Waals surface area contributed by atoms with Gasteiger partial charge >= 0.3 is 0 Å². The van der Waals surface area contributed by atoms with E-state index in [1.165, 1.54) is 25.3 Å². The Labute approximate surface area is 141 Å². The number of carbonyl (C=O) groups excluding carboxylic acids is 1. The summed E-state index contributed by atoms with van der Waals surface area (Å²) in [7, 11) is 0. The molecule has 2 heterocycles. The molecule has 1 saturated heterocycles. The Morgan fingerprint density at radius 3 is 2.71 bits per heavy atom. The summed E-state index contributed by atoms with van der Waals surface area (Å²) in [5.74, 6) is -0.299. The minimum Gasteiger partial charge on any atom is -0.367 e. The van der Waals surface area contributed by atoms with Crippen LogP contribution >= 0.6 is 0 Å². The van der Waals surface area contributed by atoms with Crippen LogP contribution in [0.5, 0.6) is 0 Å². The van der Waals surface area contributed by atoms with Crippen molar-refractivity contribution in [3.8, 4) is 0 Å². The molecule has 0 amide bonds. The van der Waals surface area contributed by atoms with E-state index in [1.807, 2.05) is 0 Å². The van der Waals surface area contributed by atoms with Crippen LogP contribution in [-0.4, -0.2) is 48.4 Å². The van der Waals surface area contributed by atoms with Crippen LogP contribution in [0.25, 0.3) is 10.9 Å². The highest BCUT2D eigenvalue weighted by atomic mass is 19.1. The number of pyridine rings is 1. The standard InChI is InChI=1S/C19H22FN3O/c20-17-13-14(6-12-24)19(18-16(17)5-2-7-21-18)23-10-8-22(9-11-23)15-3-1-4-15/h2,5,7,12-13,15H,1,3-4,6,8-11H2. The van der Waals surface area contributed by atoms with Crippen molar-refractivity contribution in [2.24, 2.45) is 0 Å². The van der Waals surface area contributed by atoms with E-state index in [4.69, 9.17) is 0 Å². The molecule has 1 aromatic carbocycles. The van der Waals surface area contributed by atoms with Crippen molar-refractivity contribution < 1.29 is 9.18 Å². The van der Waals surface area contributed by atoms with Gasteiger partial charge in [-0.15, -0.1) is 0 Å². The van der Waals surface area contributed by atoms with Gasteiger partial charge in [-0.1, -0.05) is 6.42 Å². The molecule has 0 spiro atoms. The van der Waals surface area contributed by atoms with Crippen LogP contribution in [0.15, 0.2) is 24.4 Å². The maximum atomic E-state index is 14.4.